The number of carbonyl (C=O) groups is 1. The molecule has 0 aliphatic carbocycles. The highest BCUT2D eigenvalue weighted by Crippen LogP contribution is 2.19. The summed E-state index contributed by atoms with van der Waals surface area (Å²) in [6.45, 7) is 3.19. The molecule has 1 heterocycles. The Bertz CT molecular complexity index is 433. The molecule has 2 rings (SSSR count). The van der Waals surface area contributed by atoms with E-state index in [9.17, 15) is 9.90 Å². The van der Waals surface area contributed by atoms with Crippen molar-refractivity contribution < 1.29 is 14.6 Å². The number of hydrogen-bond donors (Lipinski definition) is 1. The SMILES string of the molecule is Cc1ccccc1OCCC(=O)N1CCC[C@H]1CO. The fourth-order valence-corrected chi connectivity index (χ4v) is 2.46. The van der Waals surface area contributed by atoms with E-state index in [0.29, 0.717) is 13.0 Å². The van der Waals surface area contributed by atoms with Gasteiger partial charge in [0.2, 0.25) is 5.91 Å². The molecule has 0 radical (unpaired) electrons. The molecular formula is C15H21NO3. The average molecular weight is 263 g/mol. The molecule has 4 nitrogen and oxygen atoms in total. The van der Waals surface area contributed by atoms with Gasteiger partial charge in [0.25, 0.3) is 0 Å². The van der Waals surface area contributed by atoms with E-state index in [0.717, 1.165) is 30.7 Å². The molecule has 0 spiro atoms. The lowest BCUT2D eigenvalue weighted by Gasteiger charge is -2.23. The smallest absolute Gasteiger partial charge is 0.226 e. The maximum Gasteiger partial charge on any atom is 0.226 e. The predicted molar refractivity (Wildman–Crippen MR) is 73.1 cm³/mol. The number of amides is 1. The van der Waals surface area contributed by atoms with Crippen molar-refractivity contribution >= 4 is 5.91 Å². The summed E-state index contributed by atoms with van der Waals surface area (Å²) >= 11 is 0. The summed E-state index contributed by atoms with van der Waals surface area (Å²) in [7, 11) is 0. The van der Waals surface area contributed by atoms with E-state index in [4.69, 9.17) is 4.74 Å². The maximum atomic E-state index is 12.0. The minimum Gasteiger partial charge on any atom is -0.493 e. The molecule has 1 atom stereocenters. The zero-order chi connectivity index (χ0) is 13.7. The summed E-state index contributed by atoms with van der Waals surface area (Å²) in [5.41, 5.74) is 1.07. The molecule has 0 aromatic heterocycles. The van der Waals surface area contributed by atoms with Crippen LogP contribution < -0.4 is 4.74 Å². The second-order valence-corrected chi connectivity index (χ2v) is 4.93. The Hall–Kier alpha value is -1.55. The molecule has 1 amide bonds. The van der Waals surface area contributed by atoms with Gasteiger partial charge in [-0.05, 0) is 31.4 Å². The number of para-hydroxylation sites is 1. The maximum absolute atomic E-state index is 12.0. The zero-order valence-corrected chi connectivity index (χ0v) is 11.3. The van der Waals surface area contributed by atoms with Crippen molar-refractivity contribution in [3.05, 3.63) is 29.8 Å². The van der Waals surface area contributed by atoms with Gasteiger partial charge in [-0.15, -0.1) is 0 Å². The predicted octanol–water partition coefficient (Wildman–Crippen LogP) is 1.75. The number of aliphatic hydroxyl groups is 1. The van der Waals surface area contributed by atoms with Crippen molar-refractivity contribution in [3.63, 3.8) is 0 Å². The molecule has 1 aliphatic heterocycles. The first-order chi connectivity index (χ1) is 9.22. The highest BCUT2D eigenvalue weighted by atomic mass is 16.5. The van der Waals surface area contributed by atoms with Gasteiger partial charge in [0.1, 0.15) is 5.75 Å². The van der Waals surface area contributed by atoms with Crippen LogP contribution in [0.1, 0.15) is 24.8 Å². The fourth-order valence-electron chi connectivity index (χ4n) is 2.46. The summed E-state index contributed by atoms with van der Waals surface area (Å²) in [6, 6.07) is 7.78. The molecule has 1 aliphatic rings. The van der Waals surface area contributed by atoms with Gasteiger partial charge in [0.05, 0.1) is 25.7 Å². The van der Waals surface area contributed by atoms with Gasteiger partial charge in [0, 0.05) is 6.54 Å². The van der Waals surface area contributed by atoms with Crippen LogP contribution >= 0.6 is 0 Å². The standard InChI is InChI=1S/C15H21NO3/c1-12-5-2-3-7-14(12)19-10-8-15(18)16-9-4-6-13(16)11-17/h2-3,5,7,13,17H,4,6,8-11H2,1H3/t13-/m0/s1. The molecule has 1 aromatic rings. The molecular weight excluding hydrogens is 242 g/mol. The lowest BCUT2D eigenvalue weighted by atomic mass is 10.2. The molecule has 1 saturated heterocycles. The van der Waals surface area contributed by atoms with E-state index in [1.165, 1.54) is 0 Å². The molecule has 104 valence electrons. The highest BCUT2D eigenvalue weighted by molar-refractivity contribution is 5.77. The molecule has 4 heteroatoms. The van der Waals surface area contributed by atoms with Crippen LogP contribution in [0.5, 0.6) is 5.75 Å². The van der Waals surface area contributed by atoms with Gasteiger partial charge in [0.15, 0.2) is 0 Å². The number of ether oxygens (including phenoxy) is 1. The van der Waals surface area contributed by atoms with Crippen molar-refractivity contribution in [1.82, 2.24) is 4.90 Å². The Kier molecular flexibility index (Phi) is 4.80. The summed E-state index contributed by atoms with van der Waals surface area (Å²) in [5.74, 6) is 0.903. The lowest BCUT2D eigenvalue weighted by molar-refractivity contribution is -0.133. The van der Waals surface area contributed by atoms with Gasteiger partial charge in [-0.3, -0.25) is 4.79 Å². The monoisotopic (exact) mass is 263 g/mol. The third kappa shape index (κ3) is 3.47. The van der Waals surface area contributed by atoms with Crippen LogP contribution in [0.25, 0.3) is 0 Å². The van der Waals surface area contributed by atoms with Gasteiger partial charge < -0.3 is 14.7 Å². The Morgan fingerprint density at radius 3 is 3.00 bits per heavy atom. The van der Waals surface area contributed by atoms with Crippen molar-refractivity contribution in [2.75, 3.05) is 19.8 Å². The van der Waals surface area contributed by atoms with Crippen LogP contribution in [0.3, 0.4) is 0 Å². The van der Waals surface area contributed by atoms with E-state index in [-0.39, 0.29) is 18.6 Å². The minimum absolute atomic E-state index is 0.00552. The van der Waals surface area contributed by atoms with E-state index >= 15 is 0 Å². The number of hydrogen-bond acceptors (Lipinski definition) is 3. The number of nitrogens with zero attached hydrogens (tertiary/aromatic N) is 1. The first-order valence-corrected chi connectivity index (χ1v) is 6.81. The number of carbonyl (C=O) groups excluding carboxylic acids is 1. The van der Waals surface area contributed by atoms with E-state index in [2.05, 4.69) is 0 Å². The minimum atomic E-state index is 0.00552. The van der Waals surface area contributed by atoms with Crippen LogP contribution in [0.4, 0.5) is 0 Å². The number of aryl methyl sites for hydroxylation is 1. The second-order valence-electron chi connectivity index (χ2n) is 4.93. The van der Waals surface area contributed by atoms with Gasteiger partial charge in [-0.25, -0.2) is 0 Å². The zero-order valence-electron chi connectivity index (χ0n) is 11.3. The van der Waals surface area contributed by atoms with E-state index in [1.54, 1.807) is 4.90 Å². The molecule has 0 bridgehead atoms. The van der Waals surface area contributed by atoms with Crippen LogP contribution in [-0.2, 0) is 4.79 Å². The van der Waals surface area contributed by atoms with Crippen molar-refractivity contribution in [2.24, 2.45) is 0 Å². The average Bonchev–Trinajstić information content (AvgIpc) is 2.89. The molecule has 1 aromatic carbocycles. The molecule has 1 N–H and O–H groups in total. The number of likely N-dealkylation sites (tertiary alicyclic amines) is 1. The van der Waals surface area contributed by atoms with Gasteiger partial charge in [-0.2, -0.15) is 0 Å². The Morgan fingerprint density at radius 1 is 1.47 bits per heavy atom. The van der Waals surface area contributed by atoms with Crippen LogP contribution in [0, 0.1) is 6.92 Å². The molecule has 1 fully saturated rings. The first kappa shape index (κ1) is 13.9. The normalized spacial score (nSPS) is 18.6. The first-order valence-electron chi connectivity index (χ1n) is 6.81. The third-order valence-electron chi connectivity index (χ3n) is 3.58. The lowest BCUT2D eigenvalue weighted by Crippen LogP contribution is -2.38. The van der Waals surface area contributed by atoms with Gasteiger partial charge >= 0.3 is 0 Å². The van der Waals surface area contributed by atoms with Crippen LogP contribution in [0.15, 0.2) is 24.3 Å². The molecule has 19 heavy (non-hydrogen) atoms. The Labute approximate surface area is 114 Å². The Morgan fingerprint density at radius 2 is 2.26 bits per heavy atom. The highest BCUT2D eigenvalue weighted by Gasteiger charge is 2.27. The van der Waals surface area contributed by atoms with Crippen LogP contribution in [-0.4, -0.2) is 41.7 Å². The topological polar surface area (TPSA) is 49.8 Å². The van der Waals surface area contributed by atoms with E-state index in [1.807, 2.05) is 31.2 Å². The quantitative estimate of drug-likeness (QED) is 0.880. The fraction of sp³-hybridized carbons (Fsp3) is 0.533. The largest absolute Gasteiger partial charge is 0.493 e. The van der Waals surface area contributed by atoms with Crippen molar-refractivity contribution in [2.45, 2.75) is 32.2 Å². The summed E-state index contributed by atoms with van der Waals surface area (Å²) in [5, 5.41) is 9.20. The summed E-state index contributed by atoms with van der Waals surface area (Å²) in [4.78, 5) is 13.8. The second kappa shape index (κ2) is 6.57. The van der Waals surface area contributed by atoms with Crippen molar-refractivity contribution in [3.8, 4) is 5.75 Å². The van der Waals surface area contributed by atoms with Gasteiger partial charge in [-0.1, -0.05) is 18.2 Å². The number of rotatable bonds is 5. The number of aliphatic hydroxyl groups excluding tert-OH is 1. The molecule has 0 unspecified atom stereocenters. The van der Waals surface area contributed by atoms with Crippen molar-refractivity contribution in [1.29, 1.82) is 0 Å². The van der Waals surface area contributed by atoms with Crippen LogP contribution in [0.2, 0.25) is 0 Å². The Balaban J connectivity index is 1.80. The number of benzene rings is 1. The van der Waals surface area contributed by atoms with E-state index < -0.39 is 0 Å². The summed E-state index contributed by atoms with van der Waals surface area (Å²) < 4.78 is 5.63. The molecule has 0 saturated carbocycles. The summed E-state index contributed by atoms with van der Waals surface area (Å²) in [6.07, 6.45) is 2.25. The third-order valence-corrected chi connectivity index (χ3v) is 3.58.